The molecule has 3 nitrogen and oxygen atoms in total. The van der Waals surface area contributed by atoms with Gasteiger partial charge in [-0.1, -0.05) is 34.2 Å². The number of Topliss-reactive ketones (excluding diaryl/α,β-unsaturated/α-hetero) is 1. The van der Waals surface area contributed by atoms with E-state index in [1.807, 2.05) is 6.92 Å². The summed E-state index contributed by atoms with van der Waals surface area (Å²) in [6, 6.07) is 0. The Bertz CT molecular complexity index is 322. The molecule has 0 fully saturated rings. The molecule has 2 N–H and O–H groups in total. The molecule has 0 saturated heterocycles. The fraction of sp³-hybridized carbons (Fsp3) is 0.500. The van der Waals surface area contributed by atoms with E-state index in [-0.39, 0.29) is 10.6 Å². The van der Waals surface area contributed by atoms with Gasteiger partial charge in [-0.05, 0) is 13.3 Å². The number of halogens is 1. The number of rotatable bonds is 3. The number of carbonyl (C=O) groups is 1. The Morgan fingerprint density at radius 2 is 2.38 bits per heavy atom. The molecule has 0 saturated carbocycles. The fourth-order valence-electron chi connectivity index (χ4n) is 0.983. The van der Waals surface area contributed by atoms with E-state index in [1.54, 1.807) is 6.92 Å². The lowest BCUT2D eigenvalue weighted by Gasteiger charge is -2.00. The number of aryl methyl sites for hydroxylation is 1. The molecule has 13 heavy (non-hydrogen) atoms. The Balaban J connectivity index is 3.05. The van der Waals surface area contributed by atoms with Crippen molar-refractivity contribution >= 4 is 38.2 Å². The van der Waals surface area contributed by atoms with Gasteiger partial charge in [-0.2, -0.15) is 0 Å². The van der Waals surface area contributed by atoms with Crippen molar-refractivity contribution in [2.75, 3.05) is 5.73 Å². The molecule has 0 aliphatic heterocycles. The summed E-state index contributed by atoms with van der Waals surface area (Å²) in [5.41, 5.74) is 6.34. The average Bonchev–Trinajstić information content (AvgIpc) is 2.45. The highest BCUT2D eigenvalue weighted by atomic mass is 79.9. The zero-order valence-corrected chi connectivity index (χ0v) is 9.91. The molecule has 1 heterocycles. The van der Waals surface area contributed by atoms with Gasteiger partial charge in [0.15, 0.2) is 10.9 Å². The minimum absolute atomic E-state index is 0.0612. The van der Waals surface area contributed by atoms with Crippen LogP contribution in [0.4, 0.5) is 5.13 Å². The van der Waals surface area contributed by atoms with E-state index in [0.29, 0.717) is 10.0 Å². The van der Waals surface area contributed by atoms with Crippen molar-refractivity contribution in [3.8, 4) is 0 Å². The Labute approximate surface area is 89.5 Å². The molecular formula is C8H11BrN2OS. The summed E-state index contributed by atoms with van der Waals surface area (Å²) in [4.78, 5) is 16.2. The van der Waals surface area contributed by atoms with Crippen molar-refractivity contribution in [2.45, 2.75) is 25.1 Å². The van der Waals surface area contributed by atoms with Crippen LogP contribution in [0.3, 0.4) is 0 Å². The van der Waals surface area contributed by atoms with Crippen LogP contribution in [0.2, 0.25) is 0 Å². The van der Waals surface area contributed by atoms with Crippen LogP contribution in [0, 0.1) is 0 Å². The fourth-order valence-corrected chi connectivity index (χ4v) is 2.31. The molecule has 1 atom stereocenters. The molecule has 1 rings (SSSR count). The second-order valence-electron chi connectivity index (χ2n) is 2.66. The van der Waals surface area contributed by atoms with Crippen LogP contribution >= 0.6 is 27.3 Å². The topological polar surface area (TPSA) is 56.0 Å². The maximum Gasteiger partial charge on any atom is 0.188 e. The molecule has 0 amide bonds. The molecule has 0 bridgehead atoms. The van der Waals surface area contributed by atoms with Gasteiger partial charge in [-0.25, -0.2) is 4.98 Å². The number of nitrogen functional groups attached to an aromatic ring is 1. The van der Waals surface area contributed by atoms with Gasteiger partial charge in [-0.3, -0.25) is 4.79 Å². The normalized spacial score (nSPS) is 12.8. The zero-order chi connectivity index (χ0) is 10.0. The SMILES string of the molecule is CCc1nc(N)sc1C(=O)C(C)Br. The first-order chi connectivity index (χ1) is 6.06. The van der Waals surface area contributed by atoms with Crippen LogP contribution in [-0.2, 0) is 6.42 Å². The predicted molar refractivity (Wildman–Crippen MR) is 58.6 cm³/mol. The van der Waals surface area contributed by atoms with Gasteiger partial charge >= 0.3 is 0 Å². The Morgan fingerprint density at radius 3 is 2.85 bits per heavy atom. The zero-order valence-electron chi connectivity index (χ0n) is 7.50. The molecule has 1 unspecified atom stereocenters. The molecule has 0 radical (unpaired) electrons. The molecule has 0 aliphatic rings. The highest BCUT2D eigenvalue weighted by Gasteiger charge is 2.19. The molecule has 0 spiro atoms. The Kier molecular flexibility index (Phi) is 3.44. The van der Waals surface area contributed by atoms with Gasteiger partial charge in [0.05, 0.1) is 15.4 Å². The van der Waals surface area contributed by atoms with Gasteiger partial charge in [-0.15, -0.1) is 0 Å². The number of anilines is 1. The number of carbonyl (C=O) groups excluding carboxylic acids is 1. The Morgan fingerprint density at radius 1 is 1.77 bits per heavy atom. The third-order valence-electron chi connectivity index (χ3n) is 1.63. The number of thiazole rings is 1. The summed E-state index contributed by atoms with van der Waals surface area (Å²) in [6.45, 7) is 3.77. The number of hydrogen-bond donors (Lipinski definition) is 1. The van der Waals surface area contributed by atoms with Crippen molar-refractivity contribution in [2.24, 2.45) is 0 Å². The van der Waals surface area contributed by atoms with Gasteiger partial charge < -0.3 is 5.73 Å². The van der Waals surface area contributed by atoms with Crippen LogP contribution in [0.1, 0.15) is 29.2 Å². The molecule has 0 aromatic carbocycles. The van der Waals surface area contributed by atoms with Gasteiger partial charge in [0.2, 0.25) is 0 Å². The summed E-state index contributed by atoms with van der Waals surface area (Å²) >= 11 is 4.50. The highest BCUT2D eigenvalue weighted by molar-refractivity contribution is 9.10. The number of aromatic nitrogens is 1. The van der Waals surface area contributed by atoms with Crippen LogP contribution < -0.4 is 5.73 Å². The molecule has 1 aromatic rings. The summed E-state index contributed by atoms with van der Waals surface area (Å²) in [5.74, 6) is 0.0612. The number of ketones is 1. The molecule has 5 heteroatoms. The Hall–Kier alpha value is -0.420. The predicted octanol–water partition coefficient (Wildman–Crippen LogP) is 2.25. The lowest BCUT2D eigenvalue weighted by Crippen LogP contribution is -2.10. The number of nitrogens with two attached hydrogens (primary N) is 1. The second-order valence-corrected chi connectivity index (χ2v) is 5.07. The number of alkyl halides is 1. The van der Waals surface area contributed by atoms with Gasteiger partial charge in [0.1, 0.15) is 0 Å². The lowest BCUT2D eigenvalue weighted by molar-refractivity contribution is 0.0998. The van der Waals surface area contributed by atoms with E-state index in [4.69, 9.17) is 5.73 Å². The summed E-state index contributed by atoms with van der Waals surface area (Å²) < 4.78 is 0. The number of hydrogen-bond acceptors (Lipinski definition) is 4. The summed E-state index contributed by atoms with van der Waals surface area (Å²) in [5, 5.41) is 0.466. The first-order valence-electron chi connectivity index (χ1n) is 3.99. The minimum Gasteiger partial charge on any atom is -0.375 e. The maximum atomic E-state index is 11.6. The van der Waals surface area contributed by atoms with Crippen molar-refractivity contribution in [1.29, 1.82) is 0 Å². The van der Waals surface area contributed by atoms with Crippen LogP contribution in [0.5, 0.6) is 0 Å². The van der Waals surface area contributed by atoms with E-state index in [9.17, 15) is 4.79 Å². The third kappa shape index (κ3) is 2.28. The van der Waals surface area contributed by atoms with Crippen LogP contribution in [0.25, 0.3) is 0 Å². The minimum atomic E-state index is -0.169. The standard InChI is InChI=1S/C8H11BrN2OS/c1-3-5-7(6(12)4(2)9)13-8(10)11-5/h4H,3H2,1-2H3,(H2,10,11). The maximum absolute atomic E-state index is 11.6. The van der Waals surface area contributed by atoms with Gasteiger partial charge in [0.25, 0.3) is 0 Å². The number of nitrogens with zero attached hydrogens (tertiary/aromatic N) is 1. The van der Waals surface area contributed by atoms with Gasteiger partial charge in [0, 0.05) is 0 Å². The molecule has 0 aliphatic carbocycles. The molecular weight excluding hydrogens is 252 g/mol. The highest BCUT2D eigenvalue weighted by Crippen LogP contribution is 2.24. The first kappa shape index (κ1) is 10.7. The second kappa shape index (κ2) is 4.19. The van der Waals surface area contributed by atoms with Crippen molar-refractivity contribution in [1.82, 2.24) is 4.98 Å². The average molecular weight is 263 g/mol. The monoisotopic (exact) mass is 262 g/mol. The van der Waals surface area contributed by atoms with E-state index < -0.39 is 0 Å². The van der Waals surface area contributed by atoms with Crippen LogP contribution in [-0.4, -0.2) is 15.6 Å². The van der Waals surface area contributed by atoms with E-state index in [0.717, 1.165) is 12.1 Å². The van der Waals surface area contributed by atoms with E-state index in [2.05, 4.69) is 20.9 Å². The van der Waals surface area contributed by atoms with Crippen LogP contribution in [0.15, 0.2) is 0 Å². The summed E-state index contributed by atoms with van der Waals surface area (Å²) in [7, 11) is 0. The lowest BCUT2D eigenvalue weighted by atomic mass is 10.2. The summed E-state index contributed by atoms with van der Waals surface area (Å²) in [6.07, 6.45) is 0.745. The van der Waals surface area contributed by atoms with E-state index in [1.165, 1.54) is 11.3 Å². The molecule has 1 aromatic heterocycles. The third-order valence-corrected chi connectivity index (χ3v) is 2.99. The quantitative estimate of drug-likeness (QED) is 0.672. The van der Waals surface area contributed by atoms with Crippen molar-refractivity contribution in [3.05, 3.63) is 10.6 Å². The van der Waals surface area contributed by atoms with Crippen molar-refractivity contribution < 1.29 is 4.79 Å². The van der Waals surface area contributed by atoms with E-state index >= 15 is 0 Å². The smallest absolute Gasteiger partial charge is 0.188 e. The van der Waals surface area contributed by atoms with Crippen molar-refractivity contribution in [3.63, 3.8) is 0 Å². The largest absolute Gasteiger partial charge is 0.375 e. The first-order valence-corrected chi connectivity index (χ1v) is 5.73. The molecule has 72 valence electrons.